The molecule has 2 amide bonds. The van der Waals surface area contributed by atoms with Crippen LogP contribution in [0.4, 0.5) is 0 Å². The molecule has 0 atom stereocenters. The van der Waals surface area contributed by atoms with E-state index in [9.17, 15) is 9.59 Å². The molecule has 0 aliphatic carbocycles. The number of hydrogen-bond donors (Lipinski definition) is 1. The Balaban J connectivity index is 1.79. The number of amides is 2. The SMILES string of the molecule is Cc1ccc(CN(CCc2c[nH]c3ccccc23)C(=O)CN(CC(C)C)C(=O)CC(C)(C)C)cc1. The standard InChI is InChI=1S/C30H41N3O2/c1-22(2)19-33(28(34)17-30(4,5)6)21-29(35)32(20-24-13-11-23(3)12-14-24)16-15-25-18-31-27-10-8-7-9-26(25)27/h7-14,18,22,31H,15-17,19-21H2,1-6H3. The highest BCUT2D eigenvalue weighted by Crippen LogP contribution is 2.21. The molecule has 0 saturated heterocycles. The van der Waals surface area contributed by atoms with Gasteiger partial charge in [0.2, 0.25) is 11.8 Å². The van der Waals surface area contributed by atoms with Gasteiger partial charge in [-0.2, -0.15) is 0 Å². The van der Waals surface area contributed by atoms with Crippen molar-refractivity contribution in [1.82, 2.24) is 14.8 Å². The van der Waals surface area contributed by atoms with Crippen molar-refractivity contribution in [2.75, 3.05) is 19.6 Å². The first kappa shape index (κ1) is 26.5. The Morgan fingerprint density at radius 3 is 2.29 bits per heavy atom. The minimum absolute atomic E-state index is 0.00618. The fourth-order valence-electron chi connectivity index (χ4n) is 4.32. The molecule has 5 heteroatoms. The van der Waals surface area contributed by atoms with Crippen LogP contribution in [0.15, 0.2) is 54.7 Å². The Labute approximate surface area is 210 Å². The molecule has 0 radical (unpaired) electrons. The van der Waals surface area contributed by atoms with Crippen molar-refractivity contribution in [1.29, 1.82) is 0 Å². The Kier molecular flexibility index (Phi) is 8.76. The number of H-pyrrole nitrogens is 1. The summed E-state index contributed by atoms with van der Waals surface area (Å²) in [7, 11) is 0. The smallest absolute Gasteiger partial charge is 0.242 e. The topological polar surface area (TPSA) is 56.4 Å². The number of para-hydroxylation sites is 1. The lowest BCUT2D eigenvalue weighted by Gasteiger charge is -2.30. The van der Waals surface area contributed by atoms with E-state index in [2.05, 4.69) is 82.9 Å². The number of carbonyl (C=O) groups is 2. The third-order valence-corrected chi connectivity index (χ3v) is 6.12. The second kappa shape index (κ2) is 11.6. The molecule has 3 aromatic rings. The highest BCUT2D eigenvalue weighted by molar-refractivity contribution is 5.85. The molecule has 2 aromatic carbocycles. The minimum Gasteiger partial charge on any atom is -0.361 e. The van der Waals surface area contributed by atoms with Crippen LogP contribution in [0.25, 0.3) is 10.9 Å². The molecule has 5 nitrogen and oxygen atoms in total. The molecule has 1 aromatic heterocycles. The van der Waals surface area contributed by atoms with Crippen molar-refractivity contribution in [2.45, 2.75) is 60.9 Å². The summed E-state index contributed by atoms with van der Waals surface area (Å²) in [4.78, 5) is 33.7. The second-order valence-corrected chi connectivity index (χ2v) is 11.3. The fourth-order valence-corrected chi connectivity index (χ4v) is 4.32. The molecule has 35 heavy (non-hydrogen) atoms. The monoisotopic (exact) mass is 475 g/mol. The third-order valence-electron chi connectivity index (χ3n) is 6.12. The lowest BCUT2D eigenvalue weighted by Crippen LogP contribution is -2.45. The lowest BCUT2D eigenvalue weighted by molar-refractivity contribution is -0.142. The van der Waals surface area contributed by atoms with Gasteiger partial charge in [-0.05, 0) is 41.9 Å². The summed E-state index contributed by atoms with van der Waals surface area (Å²) < 4.78 is 0. The summed E-state index contributed by atoms with van der Waals surface area (Å²) in [5.74, 6) is 0.336. The third kappa shape index (κ3) is 7.98. The highest BCUT2D eigenvalue weighted by atomic mass is 16.2. The number of rotatable bonds is 10. The largest absolute Gasteiger partial charge is 0.361 e. The molecule has 0 saturated carbocycles. The fraction of sp³-hybridized carbons (Fsp3) is 0.467. The van der Waals surface area contributed by atoms with Crippen LogP contribution in [0.3, 0.4) is 0 Å². The molecule has 188 valence electrons. The predicted molar refractivity (Wildman–Crippen MR) is 144 cm³/mol. The van der Waals surface area contributed by atoms with Gasteiger partial charge in [0.15, 0.2) is 0 Å². The average Bonchev–Trinajstić information content (AvgIpc) is 3.19. The van der Waals surface area contributed by atoms with E-state index in [0.29, 0.717) is 32.0 Å². The van der Waals surface area contributed by atoms with E-state index in [-0.39, 0.29) is 23.8 Å². The van der Waals surface area contributed by atoms with E-state index in [1.165, 1.54) is 16.5 Å². The first-order valence-corrected chi connectivity index (χ1v) is 12.7. The van der Waals surface area contributed by atoms with Gasteiger partial charge in [0, 0.05) is 43.2 Å². The number of aromatic amines is 1. The molecule has 0 aliphatic rings. The van der Waals surface area contributed by atoms with Gasteiger partial charge in [0.25, 0.3) is 0 Å². The molecular weight excluding hydrogens is 434 g/mol. The van der Waals surface area contributed by atoms with Gasteiger partial charge in [-0.25, -0.2) is 0 Å². The van der Waals surface area contributed by atoms with Crippen molar-refractivity contribution in [3.63, 3.8) is 0 Å². The minimum atomic E-state index is -0.119. The molecule has 3 rings (SSSR count). The van der Waals surface area contributed by atoms with Crippen LogP contribution >= 0.6 is 0 Å². The van der Waals surface area contributed by atoms with E-state index in [4.69, 9.17) is 0 Å². The predicted octanol–water partition coefficient (Wildman–Crippen LogP) is 5.97. The molecule has 0 spiro atoms. The van der Waals surface area contributed by atoms with Crippen molar-refractivity contribution in [3.05, 3.63) is 71.4 Å². The number of hydrogen-bond acceptors (Lipinski definition) is 2. The molecule has 0 fully saturated rings. The molecule has 0 bridgehead atoms. The number of nitrogens with one attached hydrogen (secondary N) is 1. The van der Waals surface area contributed by atoms with Crippen molar-refractivity contribution >= 4 is 22.7 Å². The van der Waals surface area contributed by atoms with Crippen LogP contribution in [-0.2, 0) is 22.6 Å². The van der Waals surface area contributed by atoms with Crippen LogP contribution in [0.2, 0.25) is 0 Å². The highest BCUT2D eigenvalue weighted by Gasteiger charge is 2.25. The lowest BCUT2D eigenvalue weighted by atomic mass is 9.91. The van der Waals surface area contributed by atoms with Crippen LogP contribution in [0, 0.1) is 18.3 Å². The van der Waals surface area contributed by atoms with Crippen molar-refractivity contribution in [2.24, 2.45) is 11.3 Å². The molecule has 0 unspecified atom stereocenters. The van der Waals surface area contributed by atoms with Crippen LogP contribution < -0.4 is 0 Å². The Hall–Kier alpha value is -3.08. The number of carbonyl (C=O) groups excluding carboxylic acids is 2. The average molecular weight is 476 g/mol. The zero-order valence-electron chi connectivity index (χ0n) is 22.2. The van der Waals surface area contributed by atoms with Crippen LogP contribution in [0.1, 0.15) is 57.7 Å². The van der Waals surface area contributed by atoms with E-state index >= 15 is 0 Å². The molecule has 1 N–H and O–H groups in total. The van der Waals surface area contributed by atoms with Crippen LogP contribution in [0.5, 0.6) is 0 Å². The number of fused-ring (bicyclic) bond motifs is 1. The van der Waals surface area contributed by atoms with E-state index < -0.39 is 0 Å². The van der Waals surface area contributed by atoms with E-state index in [1.807, 2.05) is 23.2 Å². The van der Waals surface area contributed by atoms with Crippen molar-refractivity contribution < 1.29 is 9.59 Å². The van der Waals surface area contributed by atoms with Gasteiger partial charge >= 0.3 is 0 Å². The zero-order valence-corrected chi connectivity index (χ0v) is 22.2. The Bertz CT molecular complexity index is 1120. The summed E-state index contributed by atoms with van der Waals surface area (Å²) in [6.45, 7) is 14.2. The zero-order chi connectivity index (χ0) is 25.6. The van der Waals surface area contributed by atoms with Gasteiger partial charge in [-0.1, -0.05) is 82.6 Å². The first-order valence-electron chi connectivity index (χ1n) is 12.7. The first-order chi connectivity index (χ1) is 16.5. The van der Waals surface area contributed by atoms with Gasteiger partial charge in [0.05, 0.1) is 6.54 Å². The molecule has 0 aliphatic heterocycles. The summed E-state index contributed by atoms with van der Waals surface area (Å²) >= 11 is 0. The Morgan fingerprint density at radius 1 is 0.943 bits per heavy atom. The summed E-state index contributed by atoms with van der Waals surface area (Å²) in [5, 5.41) is 1.19. The number of aromatic nitrogens is 1. The summed E-state index contributed by atoms with van der Waals surface area (Å²) in [6, 6.07) is 16.6. The van der Waals surface area contributed by atoms with E-state index in [0.717, 1.165) is 17.5 Å². The number of nitrogens with zero attached hydrogens (tertiary/aromatic N) is 2. The quantitative estimate of drug-likeness (QED) is 0.393. The maximum absolute atomic E-state index is 13.6. The van der Waals surface area contributed by atoms with Gasteiger partial charge in [-0.3, -0.25) is 9.59 Å². The molecule has 1 heterocycles. The molecular formula is C30H41N3O2. The normalized spacial score (nSPS) is 11.7. The Morgan fingerprint density at radius 2 is 1.63 bits per heavy atom. The second-order valence-electron chi connectivity index (χ2n) is 11.3. The number of benzene rings is 2. The van der Waals surface area contributed by atoms with Gasteiger partial charge < -0.3 is 14.8 Å². The summed E-state index contributed by atoms with van der Waals surface area (Å²) in [5.41, 5.74) is 4.48. The summed E-state index contributed by atoms with van der Waals surface area (Å²) in [6.07, 6.45) is 3.22. The van der Waals surface area contributed by atoms with Gasteiger partial charge in [-0.15, -0.1) is 0 Å². The maximum atomic E-state index is 13.6. The van der Waals surface area contributed by atoms with Crippen molar-refractivity contribution in [3.8, 4) is 0 Å². The van der Waals surface area contributed by atoms with E-state index in [1.54, 1.807) is 4.90 Å². The van der Waals surface area contributed by atoms with Gasteiger partial charge in [0.1, 0.15) is 0 Å². The maximum Gasteiger partial charge on any atom is 0.242 e. The number of aryl methyl sites for hydroxylation is 1. The van der Waals surface area contributed by atoms with Crippen LogP contribution in [-0.4, -0.2) is 46.2 Å².